The van der Waals surface area contributed by atoms with E-state index in [-0.39, 0.29) is 22.9 Å². The first kappa shape index (κ1) is 14.2. The van der Waals surface area contributed by atoms with Gasteiger partial charge in [0.15, 0.2) is 11.6 Å². The first-order valence-electron chi connectivity index (χ1n) is 6.72. The van der Waals surface area contributed by atoms with E-state index in [1.54, 1.807) is 6.92 Å². The molecule has 1 aromatic heterocycles. The monoisotopic (exact) mass is 266 g/mol. The Kier molecular flexibility index (Phi) is 3.51. The lowest BCUT2D eigenvalue weighted by Gasteiger charge is -2.46. The van der Waals surface area contributed by atoms with Crippen molar-refractivity contribution in [3.8, 4) is 0 Å². The summed E-state index contributed by atoms with van der Waals surface area (Å²) in [6, 6.07) is 0.204. The van der Waals surface area contributed by atoms with Gasteiger partial charge in [0.1, 0.15) is 5.82 Å². The van der Waals surface area contributed by atoms with E-state index in [9.17, 15) is 4.39 Å². The Morgan fingerprint density at radius 1 is 1.26 bits per heavy atom. The number of piperidine rings is 1. The summed E-state index contributed by atoms with van der Waals surface area (Å²) in [7, 11) is 0. The summed E-state index contributed by atoms with van der Waals surface area (Å²) in [5, 5.41) is 6.84. The molecular formula is C14H23FN4. The number of nitrogens with one attached hydrogen (secondary N) is 2. The maximum Gasteiger partial charge on any atom is 0.183 e. The second kappa shape index (κ2) is 4.71. The molecule has 19 heavy (non-hydrogen) atoms. The van der Waals surface area contributed by atoms with Crippen molar-refractivity contribution >= 4 is 5.82 Å². The van der Waals surface area contributed by atoms with Crippen molar-refractivity contribution in [1.82, 2.24) is 15.3 Å². The SMILES string of the molecule is Cc1ncc(F)c(NC2CC(C)(C)NC(C)(C)C2)n1. The smallest absolute Gasteiger partial charge is 0.183 e. The maximum atomic E-state index is 13.7. The van der Waals surface area contributed by atoms with Crippen molar-refractivity contribution in [3.63, 3.8) is 0 Å². The minimum Gasteiger partial charge on any atom is -0.365 e. The van der Waals surface area contributed by atoms with Gasteiger partial charge in [0, 0.05) is 17.1 Å². The van der Waals surface area contributed by atoms with Crippen LogP contribution in [0.1, 0.15) is 46.4 Å². The lowest BCUT2D eigenvalue weighted by atomic mass is 9.79. The molecular weight excluding hydrogens is 243 g/mol. The number of aryl methyl sites for hydroxylation is 1. The molecule has 5 heteroatoms. The Labute approximate surface area is 114 Å². The highest BCUT2D eigenvalue weighted by atomic mass is 19.1. The Balaban J connectivity index is 2.16. The zero-order valence-corrected chi connectivity index (χ0v) is 12.3. The predicted molar refractivity (Wildman–Crippen MR) is 74.7 cm³/mol. The van der Waals surface area contributed by atoms with E-state index in [0.717, 1.165) is 12.8 Å². The lowest BCUT2D eigenvalue weighted by Crippen LogP contribution is -2.60. The molecule has 0 spiro atoms. The molecule has 2 heterocycles. The van der Waals surface area contributed by atoms with E-state index in [4.69, 9.17) is 0 Å². The van der Waals surface area contributed by atoms with Crippen LogP contribution in [0.2, 0.25) is 0 Å². The van der Waals surface area contributed by atoms with Gasteiger partial charge in [0.2, 0.25) is 0 Å². The van der Waals surface area contributed by atoms with Gasteiger partial charge in [0.25, 0.3) is 0 Å². The fourth-order valence-corrected chi connectivity index (χ4v) is 3.17. The van der Waals surface area contributed by atoms with E-state index in [1.807, 2.05) is 0 Å². The van der Waals surface area contributed by atoms with Crippen LogP contribution in [-0.4, -0.2) is 27.1 Å². The van der Waals surface area contributed by atoms with E-state index in [0.29, 0.717) is 11.6 Å². The molecule has 0 aromatic carbocycles. The van der Waals surface area contributed by atoms with Gasteiger partial charge in [-0.15, -0.1) is 0 Å². The molecule has 1 fully saturated rings. The van der Waals surface area contributed by atoms with Crippen LogP contribution in [0.25, 0.3) is 0 Å². The number of anilines is 1. The molecule has 2 N–H and O–H groups in total. The maximum absolute atomic E-state index is 13.7. The van der Waals surface area contributed by atoms with Crippen LogP contribution in [0.15, 0.2) is 6.20 Å². The molecule has 1 aliphatic heterocycles. The van der Waals surface area contributed by atoms with Crippen LogP contribution in [0.3, 0.4) is 0 Å². The van der Waals surface area contributed by atoms with Gasteiger partial charge in [-0.1, -0.05) is 0 Å². The normalized spacial score (nSPS) is 22.2. The van der Waals surface area contributed by atoms with Crippen LogP contribution < -0.4 is 10.6 Å². The molecule has 0 unspecified atom stereocenters. The zero-order chi connectivity index (χ0) is 14.3. The van der Waals surface area contributed by atoms with Gasteiger partial charge >= 0.3 is 0 Å². The second-order valence-corrected chi connectivity index (χ2v) is 6.76. The molecule has 4 nitrogen and oxygen atoms in total. The van der Waals surface area contributed by atoms with Crippen LogP contribution in [-0.2, 0) is 0 Å². The minimum atomic E-state index is -0.389. The van der Waals surface area contributed by atoms with Crippen LogP contribution in [0.5, 0.6) is 0 Å². The predicted octanol–water partition coefficient (Wildman–Crippen LogP) is 2.65. The third-order valence-electron chi connectivity index (χ3n) is 3.40. The van der Waals surface area contributed by atoms with Crippen LogP contribution in [0, 0.1) is 12.7 Å². The van der Waals surface area contributed by atoms with Crippen LogP contribution >= 0.6 is 0 Å². The summed E-state index contributed by atoms with van der Waals surface area (Å²) in [6.45, 7) is 10.4. The van der Waals surface area contributed by atoms with Gasteiger partial charge in [-0.25, -0.2) is 14.4 Å². The molecule has 1 saturated heterocycles. The molecule has 1 aromatic rings. The summed E-state index contributed by atoms with van der Waals surface area (Å²) in [5.74, 6) is 0.502. The summed E-state index contributed by atoms with van der Waals surface area (Å²) in [6.07, 6.45) is 3.08. The number of hydrogen-bond acceptors (Lipinski definition) is 4. The third-order valence-corrected chi connectivity index (χ3v) is 3.40. The Morgan fingerprint density at radius 3 is 2.42 bits per heavy atom. The summed E-state index contributed by atoms with van der Waals surface area (Å²) in [5.41, 5.74) is 0.0515. The average Bonchev–Trinajstić information content (AvgIpc) is 2.18. The number of aromatic nitrogens is 2. The molecule has 2 rings (SSSR count). The third kappa shape index (κ3) is 3.62. The first-order chi connectivity index (χ1) is 8.67. The largest absolute Gasteiger partial charge is 0.365 e. The summed E-state index contributed by atoms with van der Waals surface area (Å²) in [4.78, 5) is 8.00. The summed E-state index contributed by atoms with van der Waals surface area (Å²) < 4.78 is 13.7. The van der Waals surface area contributed by atoms with Gasteiger partial charge in [-0.05, 0) is 47.5 Å². The quantitative estimate of drug-likeness (QED) is 0.864. The number of rotatable bonds is 2. The number of hydrogen-bond donors (Lipinski definition) is 2. The van der Waals surface area contributed by atoms with Crippen LogP contribution in [0.4, 0.5) is 10.2 Å². The number of halogens is 1. The second-order valence-electron chi connectivity index (χ2n) is 6.76. The van der Waals surface area contributed by atoms with E-state index in [1.165, 1.54) is 6.20 Å². The van der Waals surface area contributed by atoms with Gasteiger partial charge in [-0.3, -0.25) is 0 Å². The lowest BCUT2D eigenvalue weighted by molar-refractivity contribution is 0.170. The standard InChI is InChI=1S/C14H23FN4/c1-9-16-8-11(15)12(17-9)18-10-6-13(2,3)19-14(4,5)7-10/h8,10,19H,6-7H2,1-5H3,(H,16,17,18). The molecule has 1 aliphatic rings. The summed E-state index contributed by atoms with van der Waals surface area (Å²) >= 11 is 0. The Hall–Kier alpha value is -1.23. The fourth-order valence-electron chi connectivity index (χ4n) is 3.17. The fraction of sp³-hybridized carbons (Fsp3) is 0.714. The van der Waals surface area contributed by atoms with Gasteiger partial charge in [-0.2, -0.15) is 0 Å². The van der Waals surface area contributed by atoms with Crippen molar-refractivity contribution in [2.45, 2.75) is 64.6 Å². The molecule has 0 atom stereocenters. The van der Waals surface area contributed by atoms with E-state index >= 15 is 0 Å². The highest BCUT2D eigenvalue weighted by Gasteiger charge is 2.37. The molecule has 0 aliphatic carbocycles. The van der Waals surface area contributed by atoms with Crippen molar-refractivity contribution in [3.05, 3.63) is 17.8 Å². The highest BCUT2D eigenvalue weighted by Crippen LogP contribution is 2.30. The topological polar surface area (TPSA) is 49.8 Å². The van der Waals surface area contributed by atoms with Crippen molar-refractivity contribution < 1.29 is 4.39 Å². The first-order valence-corrected chi connectivity index (χ1v) is 6.72. The molecule has 0 saturated carbocycles. The van der Waals surface area contributed by atoms with E-state index < -0.39 is 0 Å². The zero-order valence-electron chi connectivity index (χ0n) is 12.3. The number of nitrogens with zero attached hydrogens (tertiary/aromatic N) is 2. The Morgan fingerprint density at radius 2 is 1.84 bits per heavy atom. The average molecular weight is 266 g/mol. The molecule has 0 bridgehead atoms. The minimum absolute atomic E-state index is 0.0258. The highest BCUT2D eigenvalue weighted by molar-refractivity contribution is 5.37. The van der Waals surface area contributed by atoms with Gasteiger partial charge in [0.05, 0.1) is 6.20 Å². The molecule has 0 radical (unpaired) electrons. The molecule has 0 amide bonds. The Bertz CT molecular complexity index is 455. The van der Waals surface area contributed by atoms with Crippen molar-refractivity contribution in [2.24, 2.45) is 0 Å². The van der Waals surface area contributed by atoms with Crippen molar-refractivity contribution in [2.75, 3.05) is 5.32 Å². The van der Waals surface area contributed by atoms with E-state index in [2.05, 4.69) is 48.3 Å². The van der Waals surface area contributed by atoms with Gasteiger partial charge < -0.3 is 10.6 Å². The van der Waals surface area contributed by atoms with Crippen molar-refractivity contribution in [1.29, 1.82) is 0 Å². The molecule has 106 valence electrons.